The number of halogens is 1. The van der Waals surface area contributed by atoms with E-state index in [-0.39, 0.29) is 0 Å². The molecule has 92 valence electrons. The zero-order chi connectivity index (χ0) is 13.1. The van der Waals surface area contributed by atoms with Gasteiger partial charge in [-0.2, -0.15) is 0 Å². The molecule has 0 saturated carbocycles. The van der Waals surface area contributed by atoms with Crippen molar-refractivity contribution in [2.75, 3.05) is 5.32 Å². The van der Waals surface area contributed by atoms with E-state index in [1.54, 1.807) is 6.07 Å². The van der Waals surface area contributed by atoms with Gasteiger partial charge in [0.2, 0.25) is 0 Å². The van der Waals surface area contributed by atoms with Gasteiger partial charge >= 0.3 is 0 Å². The zero-order valence-electron chi connectivity index (χ0n) is 9.77. The number of hydrogen-bond donors (Lipinski definition) is 2. The molecular formula is C13H12BrN3S. The molecule has 0 saturated heterocycles. The number of nitrogens with two attached hydrogens (primary N) is 1. The van der Waals surface area contributed by atoms with Crippen molar-refractivity contribution in [3.05, 3.63) is 52.1 Å². The van der Waals surface area contributed by atoms with Crippen molar-refractivity contribution in [1.29, 1.82) is 0 Å². The molecule has 0 radical (unpaired) electrons. The van der Waals surface area contributed by atoms with Gasteiger partial charge in [-0.05, 0) is 42.8 Å². The second kappa shape index (κ2) is 5.46. The number of aromatic nitrogens is 1. The minimum atomic E-state index is 0.297. The van der Waals surface area contributed by atoms with Crippen LogP contribution in [-0.4, -0.2) is 9.97 Å². The number of nitrogens with zero attached hydrogens (tertiary/aromatic N) is 1. The second-order valence-electron chi connectivity index (χ2n) is 3.86. The molecule has 1 heterocycles. The molecule has 5 heteroatoms. The maximum absolute atomic E-state index is 5.56. The molecule has 2 aromatic rings. The van der Waals surface area contributed by atoms with Crippen molar-refractivity contribution < 1.29 is 0 Å². The predicted molar refractivity (Wildman–Crippen MR) is 82.3 cm³/mol. The Morgan fingerprint density at radius 1 is 1.33 bits per heavy atom. The summed E-state index contributed by atoms with van der Waals surface area (Å²) in [6.07, 6.45) is 0. The van der Waals surface area contributed by atoms with E-state index in [4.69, 9.17) is 18.0 Å². The van der Waals surface area contributed by atoms with Crippen LogP contribution in [0.4, 0.5) is 11.5 Å². The topological polar surface area (TPSA) is 50.9 Å². The average molecular weight is 322 g/mol. The number of hydrogen-bond acceptors (Lipinski definition) is 3. The fourth-order valence-electron chi connectivity index (χ4n) is 1.55. The normalized spacial score (nSPS) is 10.1. The zero-order valence-corrected chi connectivity index (χ0v) is 12.2. The summed E-state index contributed by atoms with van der Waals surface area (Å²) < 4.78 is 1.05. The summed E-state index contributed by atoms with van der Waals surface area (Å²) in [6, 6.07) is 11.6. The Hall–Kier alpha value is -1.46. The molecule has 0 aliphatic carbocycles. The number of benzene rings is 1. The summed E-state index contributed by atoms with van der Waals surface area (Å²) in [7, 11) is 0. The van der Waals surface area contributed by atoms with Crippen molar-refractivity contribution in [2.45, 2.75) is 6.92 Å². The molecule has 0 atom stereocenters. The van der Waals surface area contributed by atoms with Crippen LogP contribution in [0.2, 0.25) is 0 Å². The molecule has 0 unspecified atom stereocenters. The number of anilines is 2. The highest BCUT2D eigenvalue weighted by Crippen LogP contribution is 2.22. The largest absolute Gasteiger partial charge is 0.388 e. The van der Waals surface area contributed by atoms with E-state index in [0.29, 0.717) is 10.7 Å². The van der Waals surface area contributed by atoms with Crippen molar-refractivity contribution in [1.82, 2.24) is 4.98 Å². The predicted octanol–water partition coefficient (Wildman–Crippen LogP) is 3.53. The summed E-state index contributed by atoms with van der Waals surface area (Å²) in [5.74, 6) is 0.728. The first-order valence-corrected chi connectivity index (χ1v) is 6.56. The van der Waals surface area contributed by atoms with Gasteiger partial charge in [0.05, 0.1) is 5.69 Å². The minimum Gasteiger partial charge on any atom is -0.388 e. The molecule has 0 amide bonds. The van der Waals surface area contributed by atoms with E-state index in [1.165, 1.54) is 0 Å². The highest BCUT2D eigenvalue weighted by atomic mass is 79.9. The van der Waals surface area contributed by atoms with E-state index in [9.17, 15) is 0 Å². The molecular weight excluding hydrogens is 310 g/mol. The third-order valence-electron chi connectivity index (χ3n) is 2.45. The summed E-state index contributed by atoms with van der Waals surface area (Å²) in [4.78, 5) is 4.64. The Morgan fingerprint density at radius 2 is 2.11 bits per heavy atom. The number of thiocarbonyl (C=S) groups is 1. The third kappa shape index (κ3) is 3.05. The van der Waals surface area contributed by atoms with E-state index in [2.05, 4.69) is 26.2 Å². The summed E-state index contributed by atoms with van der Waals surface area (Å²) in [6.45, 7) is 2.03. The Labute approximate surface area is 120 Å². The summed E-state index contributed by atoms with van der Waals surface area (Å²) in [5.41, 5.74) is 8.31. The SMILES string of the molecule is Cc1cc(Br)ccc1Nc1cccc(C(N)=S)n1. The van der Waals surface area contributed by atoms with Crippen LogP contribution >= 0.6 is 28.1 Å². The van der Waals surface area contributed by atoms with Crippen molar-refractivity contribution in [3.8, 4) is 0 Å². The average Bonchev–Trinajstić information content (AvgIpc) is 2.33. The van der Waals surface area contributed by atoms with Crippen molar-refractivity contribution in [3.63, 3.8) is 0 Å². The lowest BCUT2D eigenvalue weighted by Gasteiger charge is -2.10. The number of aryl methyl sites for hydroxylation is 1. The Kier molecular flexibility index (Phi) is 3.93. The lowest BCUT2D eigenvalue weighted by Crippen LogP contribution is -2.12. The fraction of sp³-hybridized carbons (Fsp3) is 0.0769. The lowest BCUT2D eigenvalue weighted by molar-refractivity contribution is 1.27. The molecule has 0 aliphatic rings. The molecule has 1 aromatic carbocycles. The molecule has 1 aromatic heterocycles. The van der Waals surface area contributed by atoms with Gasteiger partial charge in [0.1, 0.15) is 10.8 Å². The first-order chi connectivity index (χ1) is 8.56. The van der Waals surface area contributed by atoms with Gasteiger partial charge in [-0.25, -0.2) is 4.98 Å². The van der Waals surface area contributed by atoms with Crippen LogP contribution < -0.4 is 11.1 Å². The minimum absolute atomic E-state index is 0.297. The monoisotopic (exact) mass is 321 g/mol. The maximum atomic E-state index is 5.56. The Balaban J connectivity index is 2.28. The first kappa shape index (κ1) is 13.0. The molecule has 2 rings (SSSR count). The van der Waals surface area contributed by atoms with Gasteiger partial charge in [-0.3, -0.25) is 0 Å². The highest BCUT2D eigenvalue weighted by Gasteiger charge is 2.03. The molecule has 3 nitrogen and oxygen atoms in total. The van der Waals surface area contributed by atoms with E-state index >= 15 is 0 Å². The van der Waals surface area contributed by atoms with Crippen LogP contribution in [0, 0.1) is 6.92 Å². The lowest BCUT2D eigenvalue weighted by atomic mass is 10.2. The standard InChI is InChI=1S/C13H12BrN3S/c1-8-7-9(14)5-6-10(8)16-12-4-2-3-11(17-12)13(15)18/h2-7H,1H3,(H2,15,18)(H,16,17). The van der Waals surface area contributed by atoms with Crippen LogP contribution in [0.1, 0.15) is 11.3 Å². The van der Waals surface area contributed by atoms with Crippen LogP contribution in [0.3, 0.4) is 0 Å². The number of nitrogens with one attached hydrogen (secondary N) is 1. The number of rotatable bonds is 3. The van der Waals surface area contributed by atoms with Gasteiger partial charge in [0.15, 0.2) is 0 Å². The van der Waals surface area contributed by atoms with Gasteiger partial charge in [0.25, 0.3) is 0 Å². The second-order valence-corrected chi connectivity index (χ2v) is 5.21. The van der Waals surface area contributed by atoms with Crippen molar-refractivity contribution >= 4 is 44.6 Å². The van der Waals surface area contributed by atoms with Gasteiger partial charge in [-0.1, -0.05) is 34.2 Å². The maximum Gasteiger partial charge on any atom is 0.131 e. The van der Waals surface area contributed by atoms with Gasteiger partial charge < -0.3 is 11.1 Å². The Morgan fingerprint density at radius 3 is 2.78 bits per heavy atom. The van der Waals surface area contributed by atoms with Gasteiger partial charge in [0, 0.05) is 10.2 Å². The van der Waals surface area contributed by atoms with E-state index in [0.717, 1.165) is 21.5 Å². The van der Waals surface area contributed by atoms with Crippen LogP contribution in [0.25, 0.3) is 0 Å². The molecule has 0 aliphatic heterocycles. The Bertz CT molecular complexity index is 599. The quantitative estimate of drug-likeness (QED) is 0.849. The molecule has 0 spiro atoms. The highest BCUT2D eigenvalue weighted by molar-refractivity contribution is 9.10. The van der Waals surface area contributed by atoms with Crippen molar-refractivity contribution in [2.24, 2.45) is 5.73 Å². The first-order valence-electron chi connectivity index (χ1n) is 5.36. The molecule has 18 heavy (non-hydrogen) atoms. The van der Waals surface area contributed by atoms with Gasteiger partial charge in [-0.15, -0.1) is 0 Å². The molecule has 3 N–H and O–H groups in total. The number of pyridine rings is 1. The summed E-state index contributed by atoms with van der Waals surface area (Å²) >= 11 is 8.35. The van der Waals surface area contributed by atoms with E-state index < -0.39 is 0 Å². The fourth-order valence-corrected chi connectivity index (χ4v) is 2.14. The summed E-state index contributed by atoms with van der Waals surface area (Å²) in [5, 5.41) is 3.25. The molecule has 0 bridgehead atoms. The van der Waals surface area contributed by atoms with Crippen LogP contribution in [0.5, 0.6) is 0 Å². The molecule has 0 fully saturated rings. The van der Waals surface area contributed by atoms with Crippen LogP contribution in [-0.2, 0) is 0 Å². The smallest absolute Gasteiger partial charge is 0.131 e. The van der Waals surface area contributed by atoms with Crippen LogP contribution in [0.15, 0.2) is 40.9 Å². The van der Waals surface area contributed by atoms with E-state index in [1.807, 2.05) is 37.3 Å². The third-order valence-corrected chi connectivity index (χ3v) is 3.16.